The fourth-order valence-electron chi connectivity index (χ4n) is 3.47. The van der Waals surface area contributed by atoms with E-state index in [1.165, 1.54) is 0 Å². The SMILES string of the molecule is CCc1nccn1[C@H]1CCCN(C(=O)N[C@@H](C)c2cccc(O)c2)C1. The number of aromatic hydroxyl groups is 1. The zero-order chi connectivity index (χ0) is 17.8. The highest BCUT2D eigenvalue weighted by atomic mass is 16.3. The lowest BCUT2D eigenvalue weighted by Crippen LogP contribution is -2.46. The Bertz CT molecular complexity index is 728. The predicted molar refractivity (Wildman–Crippen MR) is 96.5 cm³/mol. The number of benzene rings is 1. The van der Waals surface area contributed by atoms with E-state index in [2.05, 4.69) is 21.8 Å². The van der Waals surface area contributed by atoms with Crippen LogP contribution in [-0.2, 0) is 6.42 Å². The molecule has 0 saturated carbocycles. The predicted octanol–water partition coefficient (Wildman–Crippen LogP) is 3.26. The van der Waals surface area contributed by atoms with E-state index in [9.17, 15) is 9.90 Å². The van der Waals surface area contributed by atoms with Gasteiger partial charge in [0.2, 0.25) is 0 Å². The van der Waals surface area contributed by atoms with Gasteiger partial charge in [0, 0.05) is 31.9 Å². The van der Waals surface area contributed by atoms with Crippen LogP contribution in [0.1, 0.15) is 50.2 Å². The van der Waals surface area contributed by atoms with Crippen LogP contribution in [0.25, 0.3) is 0 Å². The van der Waals surface area contributed by atoms with Crippen molar-refractivity contribution in [3.05, 3.63) is 48.0 Å². The third-order valence-electron chi connectivity index (χ3n) is 4.85. The van der Waals surface area contributed by atoms with Gasteiger partial charge < -0.3 is 19.9 Å². The summed E-state index contributed by atoms with van der Waals surface area (Å²) in [5, 5.41) is 12.6. The molecule has 25 heavy (non-hydrogen) atoms. The average molecular weight is 342 g/mol. The second-order valence-corrected chi connectivity index (χ2v) is 6.61. The highest BCUT2D eigenvalue weighted by Gasteiger charge is 2.26. The smallest absolute Gasteiger partial charge is 0.317 e. The Morgan fingerprint density at radius 2 is 2.32 bits per heavy atom. The zero-order valence-corrected chi connectivity index (χ0v) is 14.9. The Kier molecular flexibility index (Phi) is 5.26. The second-order valence-electron chi connectivity index (χ2n) is 6.61. The molecule has 0 spiro atoms. The molecule has 1 fully saturated rings. The molecule has 0 unspecified atom stereocenters. The molecule has 1 aliphatic heterocycles. The van der Waals surface area contributed by atoms with E-state index in [1.54, 1.807) is 18.2 Å². The minimum Gasteiger partial charge on any atom is -0.508 e. The van der Waals surface area contributed by atoms with E-state index < -0.39 is 0 Å². The number of urea groups is 1. The molecule has 6 heteroatoms. The number of amides is 2. The van der Waals surface area contributed by atoms with E-state index >= 15 is 0 Å². The third kappa shape index (κ3) is 3.95. The number of phenolic OH excluding ortho intramolecular Hbond substituents is 1. The van der Waals surface area contributed by atoms with Crippen LogP contribution in [0, 0.1) is 0 Å². The van der Waals surface area contributed by atoms with Crippen molar-refractivity contribution < 1.29 is 9.90 Å². The maximum absolute atomic E-state index is 12.7. The molecule has 2 aromatic rings. The van der Waals surface area contributed by atoms with Crippen LogP contribution < -0.4 is 5.32 Å². The summed E-state index contributed by atoms with van der Waals surface area (Å²) in [6.45, 7) is 5.50. The van der Waals surface area contributed by atoms with Gasteiger partial charge >= 0.3 is 6.03 Å². The number of carbonyl (C=O) groups is 1. The number of aryl methyl sites for hydroxylation is 1. The van der Waals surface area contributed by atoms with Crippen LogP contribution in [0.4, 0.5) is 4.79 Å². The minimum absolute atomic E-state index is 0.0568. The Hall–Kier alpha value is -2.50. The standard InChI is InChI=1S/C19H26N4O2/c1-3-18-20-9-11-23(18)16-7-5-10-22(13-16)19(25)21-14(2)15-6-4-8-17(24)12-15/h4,6,8-9,11-12,14,16,24H,3,5,7,10,13H2,1-2H3,(H,21,25)/t14-,16-/m0/s1. The van der Waals surface area contributed by atoms with E-state index in [1.807, 2.05) is 30.3 Å². The number of hydrogen-bond donors (Lipinski definition) is 2. The molecule has 6 nitrogen and oxygen atoms in total. The molecular weight excluding hydrogens is 316 g/mol. The lowest BCUT2D eigenvalue weighted by molar-refractivity contribution is 0.163. The maximum atomic E-state index is 12.7. The number of carbonyl (C=O) groups excluding carboxylic acids is 1. The molecular formula is C19H26N4O2. The van der Waals surface area contributed by atoms with Crippen molar-refractivity contribution in [2.24, 2.45) is 0 Å². The summed E-state index contributed by atoms with van der Waals surface area (Å²) in [7, 11) is 0. The number of nitrogens with one attached hydrogen (secondary N) is 1. The van der Waals surface area contributed by atoms with Gasteiger partial charge in [-0.2, -0.15) is 0 Å². The van der Waals surface area contributed by atoms with Gasteiger partial charge in [0.15, 0.2) is 0 Å². The summed E-state index contributed by atoms with van der Waals surface area (Å²) < 4.78 is 2.21. The minimum atomic E-state index is -0.153. The van der Waals surface area contributed by atoms with Gasteiger partial charge in [-0.15, -0.1) is 0 Å². The Morgan fingerprint density at radius 3 is 3.08 bits per heavy atom. The zero-order valence-electron chi connectivity index (χ0n) is 14.9. The van der Waals surface area contributed by atoms with Gasteiger partial charge in [-0.05, 0) is 37.5 Å². The lowest BCUT2D eigenvalue weighted by Gasteiger charge is -2.34. The van der Waals surface area contributed by atoms with Crippen LogP contribution >= 0.6 is 0 Å². The van der Waals surface area contributed by atoms with Crippen molar-refractivity contribution in [3.8, 4) is 5.75 Å². The summed E-state index contributed by atoms with van der Waals surface area (Å²) in [6.07, 6.45) is 6.79. The van der Waals surface area contributed by atoms with E-state index in [0.717, 1.165) is 37.2 Å². The van der Waals surface area contributed by atoms with Crippen molar-refractivity contribution in [2.75, 3.05) is 13.1 Å². The van der Waals surface area contributed by atoms with Crippen molar-refractivity contribution in [2.45, 2.75) is 45.2 Å². The van der Waals surface area contributed by atoms with Crippen molar-refractivity contribution in [3.63, 3.8) is 0 Å². The third-order valence-corrected chi connectivity index (χ3v) is 4.85. The molecule has 2 N–H and O–H groups in total. The molecule has 0 aliphatic carbocycles. The van der Waals surface area contributed by atoms with Crippen LogP contribution in [0.3, 0.4) is 0 Å². The summed E-state index contributed by atoms with van der Waals surface area (Å²) in [4.78, 5) is 18.9. The molecule has 1 aliphatic rings. The molecule has 134 valence electrons. The molecule has 2 atom stereocenters. The van der Waals surface area contributed by atoms with Crippen LogP contribution in [0.5, 0.6) is 5.75 Å². The molecule has 0 radical (unpaired) electrons. The van der Waals surface area contributed by atoms with Gasteiger partial charge in [0.05, 0.1) is 12.1 Å². The van der Waals surface area contributed by atoms with Gasteiger partial charge in [0.25, 0.3) is 0 Å². The largest absolute Gasteiger partial charge is 0.508 e. The quantitative estimate of drug-likeness (QED) is 0.896. The van der Waals surface area contributed by atoms with Crippen molar-refractivity contribution >= 4 is 6.03 Å². The summed E-state index contributed by atoms with van der Waals surface area (Å²) in [5.74, 6) is 1.28. The number of aromatic nitrogens is 2. The van der Waals surface area contributed by atoms with Crippen LogP contribution in [0.2, 0.25) is 0 Å². The molecule has 2 amide bonds. The first kappa shape index (κ1) is 17.3. The molecule has 2 heterocycles. The summed E-state index contributed by atoms with van der Waals surface area (Å²) in [5.41, 5.74) is 0.893. The Balaban J connectivity index is 1.64. The highest BCUT2D eigenvalue weighted by molar-refractivity contribution is 5.74. The topological polar surface area (TPSA) is 70.4 Å². The molecule has 1 saturated heterocycles. The Labute approximate surface area is 148 Å². The van der Waals surface area contributed by atoms with E-state index in [0.29, 0.717) is 6.54 Å². The fourth-order valence-corrected chi connectivity index (χ4v) is 3.47. The molecule has 3 rings (SSSR count). The van der Waals surface area contributed by atoms with E-state index in [-0.39, 0.29) is 23.9 Å². The van der Waals surface area contributed by atoms with Crippen LogP contribution in [-0.4, -0.2) is 38.7 Å². The monoisotopic (exact) mass is 342 g/mol. The number of hydrogen-bond acceptors (Lipinski definition) is 3. The van der Waals surface area contributed by atoms with Crippen molar-refractivity contribution in [1.29, 1.82) is 0 Å². The maximum Gasteiger partial charge on any atom is 0.317 e. The number of piperidine rings is 1. The second kappa shape index (κ2) is 7.59. The van der Waals surface area contributed by atoms with Gasteiger partial charge in [0.1, 0.15) is 11.6 Å². The average Bonchev–Trinajstić information content (AvgIpc) is 3.10. The number of phenols is 1. The first-order chi connectivity index (χ1) is 12.1. The number of likely N-dealkylation sites (tertiary alicyclic amines) is 1. The molecule has 1 aromatic heterocycles. The molecule has 1 aromatic carbocycles. The summed E-state index contributed by atoms with van der Waals surface area (Å²) in [6, 6.07) is 7.08. The number of nitrogens with zero attached hydrogens (tertiary/aromatic N) is 3. The lowest BCUT2D eigenvalue weighted by atomic mass is 10.1. The number of rotatable bonds is 4. The fraction of sp³-hybridized carbons (Fsp3) is 0.474. The molecule has 0 bridgehead atoms. The van der Waals surface area contributed by atoms with E-state index in [4.69, 9.17) is 0 Å². The van der Waals surface area contributed by atoms with Gasteiger partial charge in [-0.1, -0.05) is 19.1 Å². The Morgan fingerprint density at radius 1 is 1.48 bits per heavy atom. The first-order valence-corrected chi connectivity index (χ1v) is 8.94. The number of imidazole rings is 1. The van der Waals surface area contributed by atoms with Crippen LogP contribution in [0.15, 0.2) is 36.7 Å². The van der Waals surface area contributed by atoms with Gasteiger partial charge in [-0.25, -0.2) is 9.78 Å². The summed E-state index contributed by atoms with van der Waals surface area (Å²) >= 11 is 0. The highest BCUT2D eigenvalue weighted by Crippen LogP contribution is 2.24. The first-order valence-electron chi connectivity index (χ1n) is 8.94. The normalized spacial score (nSPS) is 18.8. The van der Waals surface area contributed by atoms with Crippen molar-refractivity contribution in [1.82, 2.24) is 19.8 Å². The van der Waals surface area contributed by atoms with Gasteiger partial charge in [-0.3, -0.25) is 0 Å².